The lowest BCUT2D eigenvalue weighted by atomic mass is 10.1. The first-order valence-corrected chi connectivity index (χ1v) is 7.98. The molecule has 1 aromatic carbocycles. The Morgan fingerprint density at radius 2 is 2.15 bits per heavy atom. The van der Waals surface area contributed by atoms with Crippen LogP contribution in [0.5, 0.6) is 0 Å². The van der Waals surface area contributed by atoms with Crippen LogP contribution in [0.1, 0.15) is 18.9 Å². The van der Waals surface area contributed by atoms with Crippen LogP contribution in [0.15, 0.2) is 23.1 Å². The number of hydrogen-bond acceptors (Lipinski definition) is 4. The fourth-order valence-electron chi connectivity index (χ4n) is 2.42. The maximum Gasteiger partial charge on any atom is 0.243 e. The molecule has 1 amide bonds. The molecule has 1 unspecified atom stereocenters. The second-order valence-electron chi connectivity index (χ2n) is 4.97. The molecule has 2 rings (SSSR count). The zero-order valence-corrected chi connectivity index (χ0v) is 12.2. The summed E-state index contributed by atoms with van der Waals surface area (Å²) >= 11 is 0. The molecular weight excluding hydrogens is 278 g/mol. The van der Waals surface area contributed by atoms with E-state index in [1.165, 1.54) is 10.4 Å². The summed E-state index contributed by atoms with van der Waals surface area (Å²) in [5, 5.41) is 0. The van der Waals surface area contributed by atoms with Crippen molar-refractivity contribution in [3.63, 3.8) is 0 Å². The molecule has 1 saturated heterocycles. The molecule has 1 heterocycles. The minimum atomic E-state index is -3.62. The number of nitrogen functional groups attached to an aromatic ring is 1. The van der Waals surface area contributed by atoms with Gasteiger partial charge in [-0.05, 0) is 30.5 Å². The standard InChI is InChI=1S/C13H19N3O3S/c1-2-9-3-4-11(14)7-12(9)20(18,19)16-6-5-10(8-16)13(15)17/h3-4,7,10H,2,5-6,8,14H2,1H3,(H2,15,17). The van der Waals surface area contributed by atoms with Crippen LogP contribution < -0.4 is 11.5 Å². The predicted molar refractivity (Wildman–Crippen MR) is 76.3 cm³/mol. The number of rotatable bonds is 4. The molecule has 0 radical (unpaired) electrons. The maximum absolute atomic E-state index is 12.7. The first kappa shape index (κ1) is 14.8. The van der Waals surface area contributed by atoms with Gasteiger partial charge in [0, 0.05) is 18.8 Å². The summed E-state index contributed by atoms with van der Waals surface area (Å²) in [5.41, 5.74) is 12.1. The zero-order chi connectivity index (χ0) is 14.9. The number of anilines is 1. The number of nitrogens with zero attached hydrogens (tertiary/aromatic N) is 1. The molecule has 0 aromatic heterocycles. The molecule has 110 valence electrons. The smallest absolute Gasteiger partial charge is 0.243 e. The fraction of sp³-hybridized carbons (Fsp3) is 0.462. The molecule has 4 N–H and O–H groups in total. The Morgan fingerprint density at radius 1 is 1.45 bits per heavy atom. The van der Waals surface area contributed by atoms with Crippen LogP contribution in [0, 0.1) is 5.92 Å². The lowest BCUT2D eigenvalue weighted by Crippen LogP contribution is -2.32. The van der Waals surface area contributed by atoms with Crippen LogP contribution in [0.2, 0.25) is 0 Å². The quantitative estimate of drug-likeness (QED) is 0.781. The molecule has 7 heteroatoms. The average Bonchev–Trinajstić information content (AvgIpc) is 2.89. The molecule has 1 aromatic rings. The summed E-state index contributed by atoms with van der Waals surface area (Å²) in [6, 6.07) is 4.89. The van der Waals surface area contributed by atoms with E-state index in [-0.39, 0.29) is 11.4 Å². The number of amides is 1. The van der Waals surface area contributed by atoms with Crippen molar-refractivity contribution >= 4 is 21.6 Å². The number of hydrogen-bond donors (Lipinski definition) is 2. The minimum absolute atomic E-state index is 0.148. The highest BCUT2D eigenvalue weighted by atomic mass is 32.2. The SMILES string of the molecule is CCc1ccc(N)cc1S(=O)(=O)N1CCC(C(N)=O)C1. The third-order valence-corrected chi connectivity index (χ3v) is 5.59. The Labute approximate surface area is 118 Å². The van der Waals surface area contributed by atoms with E-state index in [1.807, 2.05) is 6.92 Å². The van der Waals surface area contributed by atoms with E-state index >= 15 is 0 Å². The highest BCUT2D eigenvalue weighted by Gasteiger charge is 2.35. The van der Waals surface area contributed by atoms with Crippen LogP contribution in [-0.2, 0) is 21.2 Å². The van der Waals surface area contributed by atoms with Crippen molar-refractivity contribution in [3.05, 3.63) is 23.8 Å². The van der Waals surface area contributed by atoms with E-state index in [0.717, 1.165) is 5.56 Å². The highest BCUT2D eigenvalue weighted by Crippen LogP contribution is 2.28. The van der Waals surface area contributed by atoms with Crippen LogP contribution in [0.4, 0.5) is 5.69 Å². The molecule has 20 heavy (non-hydrogen) atoms. The van der Waals surface area contributed by atoms with Crippen molar-refractivity contribution in [1.82, 2.24) is 4.31 Å². The Balaban J connectivity index is 2.36. The predicted octanol–water partition coefficient (Wildman–Crippen LogP) is 0.327. The van der Waals surface area contributed by atoms with Crippen LogP contribution >= 0.6 is 0 Å². The molecule has 0 spiro atoms. The molecule has 1 aliphatic heterocycles. The van der Waals surface area contributed by atoms with Gasteiger partial charge in [-0.3, -0.25) is 4.79 Å². The van der Waals surface area contributed by atoms with Gasteiger partial charge in [-0.2, -0.15) is 4.31 Å². The summed E-state index contributed by atoms with van der Waals surface area (Å²) in [4.78, 5) is 11.4. The van der Waals surface area contributed by atoms with E-state index in [2.05, 4.69) is 0 Å². The summed E-state index contributed by atoms with van der Waals surface area (Å²) in [7, 11) is -3.62. The average molecular weight is 297 g/mol. The molecule has 1 aliphatic rings. The van der Waals surface area contributed by atoms with E-state index in [9.17, 15) is 13.2 Å². The van der Waals surface area contributed by atoms with Gasteiger partial charge in [-0.1, -0.05) is 13.0 Å². The van der Waals surface area contributed by atoms with Gasteiger partial charge in [0.05, 0.1) is 10.8 Å². The van der Waals surface area contributed by atoms with E-state index in [1.54, 1.807) is 12.1 Å². The van der Waals surface area contributed by atoms with Gasteiger partial charge >= 0.3 is 0 Å². The van der Waals surface area contributed by atoms with Crippen molar-refractivity contribution in [3.8, 4) is 0 Å². The topological polar surface area (TPSA) is 106 Å². The molecule has 0 aliphatic carbocycles. The normalized spacial score (nSPS) is 20.1. The summed E-state index contributed by atoms with van der Waals surface area (Å²) in [6.45, 7) is 2.35. The Kier molecular flexibility index (Phi) is 4.01. The Morgan fingerprint density at radius 3 is 2.70 bits per heavy atom. The van der Waals surface area contributed by atoms with Gasteiger partial charge in [0.15, 0.2) is 0 Å². The van der Waals surface area contributed by atoms with E-state index < -0.39 is 21.8 Å². The number of primary amides is 1. The molecular formula is C13H19N3O3S. The van der Waals surface area contributed by atoms with Crippen molar-refractivity contribution in [2.45, 2.75) is 24.7 Å². The number of sulfonamides is 1. The summed E-state index contributed by atoms with van der Waals surface area (Å²) in [6.07, 6.45) is 1.07. The largest absolute Gasteiger partial charge is 0.399 e. The number of carbonyl (C=O) groups is 1. The highest BCUT2D eigenvalue weighted by molar-refractivity contribution is 7.89. The van der Waals surface area contributed by atoms with Crippen LogP contribution in [-0.4, -0.2) is 31.7 Å². The Bertz CT molecular complexity index is 628. The van der Waals surface area contributed by atoms with Crippen molar-refractivity contribution in [2.24, 2.45) is 11.7 Å². The van der Waals surface area contributed by atoms with Crippen molar-refractivity contribution in [2.75, 3.05) is 18.8 Å². The summed E-state index contributed by atoms with van der Waals surface area (Å²) in [5.74, 6) is -0.859. The number of benzene rings is 1. The van der Waals surface area contributed by atoms with Gasteiger partial charge in [0.1, 0.15) is 0 Å². The van der Waals surface area contributed by atoms with Crippen LogP contribution in [0.25, 0.3) is 0 Å². The lowest BCUT2D eigenvalue weighted by Gasteiger charge is -2.18. The number of carbonyl (C=O) groups excluding carboxylic acids is 1. The van der Waals surface area contributed by atoms with Crippen molar-refractivity contribution < 1.29 is 13.2 Å². The monoisotopic (exact) mass is 297 g/mol. The zero-order valence-electron chi connectivity index (χ0n) is 11.4. The summed E-state index contributed by atoms with van der Waals surface area (Å²) < 4.78 is 26.6. The third-order valence-electron chi connectivity index (χ3n) is 3.64. The fourth-order valence-corrected chi connectivity index (χ4v) is 4.25. The van der Waals surface area contributed by atoms with Gasteiger partial charge in [0.2, 0.25) is 15.9 Å². The van der Waals surface area contributed by atoms with Gasteiger partial charge in [-0.25, -0.2) is 8.42 Å². The second-order valence-corrected chi connectivity index (χ2v) is 6.88. The minimum Gasteiger partial charge on any atom is -0.399 e. The number of aryl methyl sites for hydroxylation is 1. The molecule has 0 saturated carbocycles. The van der Waals surface area contributed by atoms with Crippen molar-refractivity contribution in [1.29, 1.82) is 0 Å². The maximum atomic E-state index is 12.7. The van der Waals surface area contributed by atoms with Crippen LogP contribution in [0.3, 0.4) is 0 Å². The van der Waals surface area contributed by atoms with Gasteiger partial charge in [-0.15, -0.1) is 0 Å². The molecule has 1 fully saturated rings. The second kappa shape index (κ2) is 5.41. The first-order chi connectivity index (χ1) is 9.36. The third kappa shape index (κ3) is 2.64. The van der Waals surface area contributed by atoms with E-state index in [4.69, 9.17) is 11.5 Å². The Hall–Kier alpha value is -1.60. The van der Waals surface area contributed by atoms with Gasteiger partial charge in [0.25, 0.3) is 0 Å². The van der Waals surface area contributed by atoms with E-state index in [0.29, 0.717) is 25.1 Å². The molecule has 1 atom stereocenters. The number of nitrogens with two attached hydrogens (primary N) is 2. The molecule has 0 bridgehead atoms. The lowest BCUT2D eigenvalue weighted by molar-refractivity contribution is -0.121. The van der Waals surface area contributed by atoms with Gasteiger partial charge < -0.3 is 11.5 Å². The molecule has 6 nitrogen and oxygen atoms in total. The first-order valence-electron chi connectivity index (χ1n) is 6.54.